The number of amides is 3. The number of benzene rings is 1. The van der Waals surface area contributed by atoms with E-state index in [-0.39, 0.29) is 56.9 Å². The Morgan fingerprint density at radius 1 is 1.00 bits per heavy atom. The quantitative estimate of drug-likeness (QED) is 0.215. The van der Waals surface area contributed by atoms with Gasteiger partial charge in [-0.3, -0.25) is 14.4 Å². The van der Waals surface area contributed by atoms with Crippen molar-refractivity contribution in [1.29, 1.82) is 0 Å². The van der Waals surface area contributed by atoms with Crippen LogP contribution in [0.3, 0.4) is 0 Å². The third-order valence-electron chi connectivity index (χ3n) is 8.89. The van der Waals surface area contributed by atoms with Gasteiger partial charge in [0.05, 0.1) is 60.6 Å². The van der Waals surface area contributed by atoms with Crippen LogP contribution in [0.1, 0.15) is 46.4 Å². The summed E-state index contributed by atoms with van der Waals surface area (Å²) in [6.45, 7) is 4.51. The first-order valence-electron chi connectivity index (χ1n) is 16.5. The van der Waals surface area contributed by atoms with Gasteiger partial charge in [0, 0.05) is 64.5 Å². The van der Waals surface area contributed by atoms with Gasteiger partial charge in [-0.1, -0.05) is 18.5 Å². The molecule has 1 atom stereocenters. The maximum absolute atomic E-state index is 14.1. The Balaban J connectivity index is 1.26. The van der Waals surface area contributed by atoms with Gasteiger partial charge in [0.15, 0.2) is 17.3 Å². The SMILES string of the molecule is CCC(CC[NH+](C)C)C(=O)N1CCN(C(=O)c2ccc(NC(=O)c3ncc(-c4cn(-c5ccc(NC)cn5)nc4C(F)(F)F)n3C)cc2Cl)CC1. The van der Waals surface area contributed by atoms with Crippen LogP contribution < -0.4 is 15.5 Å². The largest absolute Gasteiger partial charge is 0.435 e. The summed E-state index contributed by atoms with van der Waals surface area (Å²) in [5.74, 6) is -0.929. The number of halogens is 4. The molecular formula is C34H41ClF3N10O3+. The summed E-state index contributed by atoms with van der Waals surface area (Å²) in [6.07, 6.45) is 0.590. The van der Waals surface area contributed by atoms with Crippen molar-refractivity contribution in [2.75, 3.05) is 64.5 Å². The van der Waals surface area contributed by atoms with Gasteiger partial charge < -0.3 is 29.9 Å². The number of alkyl halides is 3. The minimum absolute atomic E-state index is 0.00567. The van der Waals surface area contributed by atoms with E-state index in [1.165, 1.54) is 53.2 Å². The number of imidazole rings is 1. The van der Waals surface area contributed by atoms with E-state index in [1.807, 2.05) is 11.8 Å². The smallest absolute Gasteiger partial charge is 0.387 e. The standard InChI is InChI=1S/C34H40ClF3N10O3/c1-6-21(11-12-44(3)4)32(50)46-13-15-47(16-14-46)33(51)24-9-7-22(17-26(24)35)42-31(49)30-41-19-27(45(30)5)25-20-48(43-29(25)34(36,37)38)28-10-8-23(39-2)18-40-28/h7-10,17-21,39H,6,11-16H2,1-5H3,(H,42,49)/p+1. The molecule has 0 spiro atoms. The second-order valence-corrected chi connectivity index (χ2v) is 13.0. The fourth-order valence-electron chi connectivity index (χ4n) is 5.91. The molecule has 0 radical (unpaired) electrons. The molecule has 3 amide bonds. The number of nitrogens with one attached hydrogen (secondary N) is 3. The maximum Gasteiger partial charge on any atom is 0.435 e. The molecule has 4 heterocycles. The molecule has 13 nitrogen and oxygen atoms in total. The van der Waals surface area contributed by atoms with Gasteiger partial charge in [-0.15, -0.1) is 0 Å². The molecule has 1 aromatic carbocycles. The van der Waals surface area contributed by atoms with Gasteiger partial charge >= 0.3 is 6.18 Å². The molecule has 1 aliphatic rings. The number of hydrogen-bond acceptors (Lipinski definition) is 7. The first-order valence-corrected chi connectivity index (χ1v) is 16.9. The highest BCUT2D eigenvalue weighted by atomic mass is 35.5. The molecule has 0 aliphatic carbocycles. The topological polar surface area (TPSA) is 135 Å². The van der Waals surface area contributed by atoms with Gasteiger partial charge in [0.25, 0.3) is 11.8 Å². The molecule has 5 rings (SSSR count). The van der Waals surface area contributed by atoms with Crippen molar-refractivity contribution in [3.63, 3.8) is 0 Å². The molecule has 51 heavy (non-hydrogen) atoms. The fourth-order valence-corrected chi connectivity index (χ4v) is 6.17. The third-order valence-corrected chi connectivity index (χ3v) is 9.20. The molecule has 17 heteroatoms. The van der Waals surface area contributed by atoms with Crippen LogP contribution in [0, 0.1) is 5.92 Å². The molecule has 272 valence electrons. The van der Waals surface area contributed by atoms with Crippen molar-refractivity contribution >= 4 is 40.7 Å². The van der Waals surface area contributed by atoms with Gasteiger partial charge in [-0.05, 0) is 36.8 Å². The summed E-state index contributed by atoms with van der Waals surface area (Å²) in [4.78, 5) is 52.7. The van der Waals surface area contributed by atoms with E-state index in [4.69, 9.17) is 11.6 Å². The molecule has 1 saturated heterocycles. The fraction of sp³-hybridized carbons (Fsp3) is 0.412. The maximum atomic E-state index is 14.1. The number of hydrogen-bond donors (Lipinski definition) is 3. The van der Waals surface area contributed by atoms with Crippen molar-refractivity contribution in [2.24, 2.45) is 13.0 Å². The predicted octanol–water partition coefficient (Wildman–Crippen LogP) is 3.48. The predicted molar refractivity (Wildman–Crippen MR) is 186 cm³/mol. The Kier molecular flexibility index (Phi) is 11.3. The molecule has 0 bridgehead atoms. The second kappa shape index (κ2) is 15.5. The van der Waals surface area contributed by atoms with Crippen molar-refractivity contribution in [3.05, 3.63) is 71.0 Å². The summed E-state index contributed by atoms with van der Waals surface area (Å²) in [5.41, 5.74) is -0.281. The van der Waals surface area contributed by atoms with E-state index >= 15 is 0 Å². The van der Waals surface area contributed by atoms with Crippen molar-refractivity contribution in [1.82, 2.24) is 34.1 Å². The zero-order valence-corrected chi connectivity index (χ0v) is 29.8. The highest BCUT2D eigenvalue weighted by Gasteiger charge is 2.39. The summed E-state index contributed by atoms with van der Waals surface area (Å²) in [6, 6.07) is 7.61. The van der Waals surface area contributed by atoms with E-state index < -0.39 is 17.8 Å². The van der Waals surface area contributed by atoms with E-state index in [9.17, 15) is 27.6 Å². The Hall–Kier alpha value is -4.96. The van der Waals surface area contributed by atoms with Crippen LogP contribution in [0.2, 0.25) is 5.02 Å². The molecule has 3 N–H and O–H groups in total. The third kappa shape index (κ3) is 8.34. The van der Waals surface area contributed by atoms with E-state index in [2.05, 4.69) is 39.8 Å². The monoisotopic (exact) mass is 729 g/mol. The number of aromatic nitrogens is 5. The van der Waals surface area contributed by atoms with Crippen LogP contribution in [-0.2, 0) is 18.0 Å². The van der Waals surface area contributed by atoms with Gasteiger partial charge in [0.1, 0.15) is 0 Å². The molecule has 4 aromatic rings. The number of carbonyl (C=O) groups excluding carboxylic acids is 3. The van der Waals surface area contributed by atoms with E-state index in [1.54, 1.807) is 18.0 Å². The van der Waals surface area contributed by atoms with E-state index in [0.29, 0.717) is 31.9 Å². The lowest BCUT2D eigenvalue weighted by Gasteiger charge is -2.36. The first-order chi connectivity index (χ1) is 24.2. The number of rotatable bonds is 11. The van der Waals surface area contributed by atoms with Crippen LogP contribution in [0.4, 0.5) is 24.5 Å². The highest BCUT2D eigenvalue weighted by Crippen LogP contribution is 2.37. The lowest BCUT2D eigenvalue weighted by Crippen LogP contribution is -3.05. The summed E-state index contributed by atoms with van der Waals surface area (Å²) >= 11 is 6.51. The minimum Gasteiger partial charge on any atom is -0.387 e. The Bertz CT molecular complexity index is 1880. The number of piperazine rings is 1. The number of nitrogens with zero attached hydrogens (tertiary/aromatic N) is 7. The Morgan fingerprint density at radius 2 is 1.69 bits per heavy atom. The zero-order valence-electron chi connectivity index (χ0n) is 29.0. The van der Waals surface area contributed by atoms with Gasteiger partial charge in [-0.25, -0.2) is 14.6 Å². The molecule has 1 unspecified atom stereocenters. The molecule has 1 aliphatic heterocycles. The van der Waals surface area contributed by atoms with Gasteiger partial charge in [0.2, 0.25) is 5.91 Å². The minimum atomic E-state index is -4.80. The molecule has 3 aromatic heterocycles. The van der Waals surface area contributed by atoms with Crippen LogP contribution in [-0.4, -0.2) is 106 Å². The number of quaternary nitrogens is 1. The van der Waals surface area contributed by atoms with Gasteiger partial charge in [-0.2, -0.15) is 18.3 Å². The number of anilines is 2. The van der Waals surface area contributed by atoms with Crippen molar-refractivity contribution < 1.29 is 32.5 Å². The molecule has 0 saturated carbocycles. The highest BCUT2D eigenvalue weighted by molar-refractivity contribution is 6.34. The summed E-state index contributed by atoms with van der Waals surface area (Å²) in [7, 11) is 7.23. The molecular weight excluding hydrogens is 689 g/mol. The average Bonchev–Trinajstić information content (AvgIpc) is 3.72. The lowest BCUT2D eigenvalue weighted by atomic mass is 10.00. The lowest BCUT2D eigenvalue weighted by molar-refractivity contribution is -0.858. The number of carbonyl (C=O) groups is 3. The Labute approximate surface area is 298 Å². The van der Waals surface area contributed by atoms with Crippen molar-refractivity contribution in [2.45, 2.75) is 25.9 Å². The van der Waals surface area contributed by atoms with Crippen LogP contribution in [0.15, 0.2) is 48.9 Å². The number of pyridine rings is 1. The average molecular weight is 730 g/mol. The summed E-state index contributed by atoms with van der Waals surface area (Å²) < 4.78 is 44.5. The Morgan fingerprint density at radius 3 is 2.27 bits per heavy atom. The van der Waals surface area contributed by atoms with E-state index in [0.717, 1.165) is 30.3 Å². The van der Waals surface area contributed by atoms with Crippen LogP contribution >= 0.6 is 11.6 Å². The second-order valence-electron chi connectivity index (χ2n) is 12.6. The van der Waals surface area contributed by atoms with Crippen molar-refractivity contribution in [3.8, 4) is 17.1 Å². The van der Waals surface area contributed by atoms with Crippen LogP contribution in [0.5, 0.6) is 0 Å². The van der Waals surface area contributed by atoms with Crippen LogP contribution in [0.25, 0.3) is 17.1 Å². The summed E-state index contributed by atoms with van der Waals surface area (Å²) in [5, 5.41) is 9.40. The first kappa shape index (κ1) is 37.3. The zero-order chi connectivity index (χ0) is 37.0. The molecule has 1 fully saturated rings. The normalized spacial score (nSPS) is 14.2.